The molecule has 0 nitrogen and oxygen atoms in total. The molecule has 0 N–H and O–H groups in total. The maximum absolute atomic E-state index is 6.85. The van der Waals surface area contributed by atoms with Crippen LogP contribution in [0.2, 0.25) is 10.0 Å². The number of rotatable bonds is 4. The van der Waals surface area contributed by atoms with E-state index in [1.807, 2.05) is 12.1 Å². The molecule has 28 heavy (non-hydrogen) atoms. The molecule has 0 saturated heterocycles. The van der Waals surface area contributed by atoms with E-state index >= 15 is 0 Å². The first-order valence-corrected chi connectivity index (χ1v) is 10.6. The molecule has 1 atom stereocenters. The third kappa shape index (κ3) is 4.00. The second-order valence-electron chi connectivity index (χ2n) is 7.97. The zero-order chi connectivity index (χ0) is 20.6. The van der Waals surface area contributed by atoms with Crippen LogP contribution >= 0.6 is 23.2 Å². The summed E-state index contributed by atoms with van der Waals surface area (Å²) in [5.41, 5.74) is 11.3. The van der Waals surface area contributed by atoms with Gasteiger partial charge < -0.3 is 0 Å². The quantitative estimate of drug-likeness (QED) is 0.405. The van der Waals surface area contributed by atoms with E-state index in [0.717, 1.165) is 27.6 Å². The van der Waals surface area contributed by atoms with E-state index in [4.69, 9.17) is 23.2 Å². The molecule has 0 aliphatic heterocycles. The largest absolute Gasteiger partial charge is 0.0840 e. The fourth-order valence-corrected chi connectivity index (χ4v) is 4.46. The fourth-order valence-electron chi connectivity index (χ4n) is 4.04. The molecule has 3 aromatic rings. The van der Waals surface area contributed by atoms with Gasteiger partial charge in [0.25, 0.3) is 0 Å². The van der Waals surface area contributed by atoms with Crippen LogP contribution in [0.1, 0.15) is 62.9 Å². The molecule has 1 unspecified atom stereocenters. The molecular formula is C26H28Cl2. The van der Waals surface area contributed by atoms with E-state index in [1.165, 1.54) is 38.9 Å². The summed E-state index contributed by atoms with van der Waals surface area (Å²) in [5, 5.41) is 1.69. The van der Waals surface area contributed by atoms with Crippen LogP contribution in [0.15, 0.2) is 42.5 Å². The Labute approximate surface area is 179 Å². The van der Waals surface area contributed by atoms with Gasteiger partial charge in [0.15, 0.2) is 0 Å². The van der Waals surface area contributed by atoms with Gasteiger partial charge in [-0.05, 0) is 97.2 Å². The highest BCUT2D eigenvalue weighted by atomic mass is 35.5. The molecule has 0 aliphatic rings. The van der Waals surface area contributed by atoms with Gasteiger partial charge in [-0.2, -0.15) is 0 Å². The van der Waals surface area contributed by atoms with Crippen LogP contribution in [0, 0.1) is 34.6 Å². The van der Waals surface area contributed by atoms with Crippen molar-refractivity contribution in [2.75, 3.05) is 0 Å². The van der Waals surface area contributed by atoms with Crippen LogP contribution in [0.5, 0.6) is 0 Å². The third-order valence-electron chi connectivity index (χ3n) is 6.08. The first-order chi connectivity index (χ1) is 13.2. The summed E-state index contributed by atoms with van der Waals surface area (Å²) in [7, 11) is 0. The van der Waals surface area contributed by atoms with Gasteiger partial charge in [-0.15, -0.1) is 0 Å². The fraction of sp³-hybridized carbons (Fsp3) is 0.308. The van der Waals surface area contributed by atoms with E-state index < -0.39 is 0 Å². The van der Waals surface area contributed by atoms with Gasteiger partial charge in [0.05, 0.1) is 0 Å². The molecule has 3 rings (SSSR count). The van der Waals surface area contributed by atoms with Crippen LogP contribution in [0.4, 0.5) is 0 Å². The summed E-state index contributed by atoms with van der Waals surface area (Å²) in [6, 6.07) is 15.1. The van der Waals surface area contributed by atoms with E-state index in [0.29, 0.717) is 0 Å². The zero-order valence-electron chi connectivity index (χ0n) is 17.6. The van der Waals surface area contributed by atoms with Gasteiger partial charge in [0.1, 0.15) is 0 Å². The van der Waals surface area contributed by atoms with Gasteiger partial charge in [0.2, 0.25) is 0 Å². The first-order valence-electron chi connectivity index (χ1n) is 9.80. The van der Waals surface area contributed by atoms with Crippen molar-refractivity contribution in [3.05, 3.63) is 103 Å². The van der Waals surface area contributed by atoms with Crippen molar-refractivity contribution >= 4 is 23.2 Å². The molecule has 0 aliphatic carbocycles. The lowest BCUT2D eigenvalue weighted by Crippen LogP contribution is -2.04. The molecule has 0 aromatic heterocycles. The van der Waals surface area contributed by atoms with Gasteiger partial charge in [-0.3, -0.25) is 0 Å². The van der Waals surface area contributed by atoms with Crippen molar-refractivity contribution in [3.8, 4) is 0 Å². The average molecular weight is 411 g/mol. The van der Waals surface area contributed by atoms with Crippen molar-refractivity contribution < 1.29 is 0 Å². The van der Waals surface area contributed by atoms with Crippen molar-refractivity contribution in [2.45, 2.75) is 53.9 Å². The lowest BCUT2D eigenvalue weighted by Gasteiger charge is -2.20. The van der Waals surface area contributed by atoms with Crippen LogP contribution in [-0.4, -0.2) is 0 Å². The zero-order valence-corrected chi connectivity index (χ0v) is 19.1. The molecular weight excluding hydrogens is 383 g/mol. The predicted octanol–water partition coefficient (Wildman–Crippen LogP) is 8.28. The number of benzene rings is 3. The molecule has 3 aromatic carbocycles. The Bertz CT molecular complexity index is 1030. The molecule has 0 amide bonds. The summed E-state index contributed by atoms with van der Waals surface area (Å²) < 4.78 is 0. The Morgan fingerprint density at radius 2 is 1.36 bits per heavy atom. The summed E-state index contributed by atoms with van der Waals surface area (Å²) in [6.07, 6.45) is 0.859. The lowest BCUT2D eigenvalue weighted by atomic mass is 9.86. The number of hydrogen-bond acceptors (Lipinski definition) is 0. The van der Waals surface area contributed by atoms with Gasteiger partial charge in [-0.25, -0.2) is 0 Å². The molecule has 0 saturated carbocycles. The standard InChI is InChI=1S/C26H28Cl2/c1-15-12-17(3)22(13-16(15)2)14-21-10-11-24(20(6)26(21)28)18(4)23-8-7-9-25(27)19(23)5/h7-13,18H,14H2,1-6H3. The van der Waals surface area contributed by atoms with Crippen LogP contribution < -0.4 is 0 Å². The monoisotopic (exact) mass is 410 g/mol. The summed E-state index contributed by atoms with van der Waals surface area (Å²) in [4.78, 5) is 0. The Kier molecular flexibility index (Phi) is 6.22. The molecule has 0 bridgehead atoms. The highest BCUT2D eigenvalue weighted by Gasteiger charge is 2.18. The van der Waals surface area contributed by atoms with E-state index in [2.05, 4.69) is 71.9 Å². The van der Waals surface area contributed by atoms with Gasteiger partial charge in [0, 0.05) is 16.0 Å². The lowest BCUT2D eigenvalue weighted by molar-refractivity contribution is 0.896. The minimum atomic E-state index is 0.244. The molecule has 0 fully saturated rings. The molecule has 0 heterocycles. The topological polar surface area (TPSA) is 0 Å². The van der Waals surface area contributed by atoms with Gasteiger partial charge >= 0.3 is 0 Å². The van der Waals surface area contributed by atoms with Crippen LogP contribution in [0.3, 0.4) is 0 Å². The van der Waals surface area contributed by atoms with Crippen molar-refractivity contribution in [3.63, 3.8) is 0 Å². The minimum absolute atomic E-state index is 0.244. The van der Waals surface area contributed by atoms with Crippen LogP contribution in [-0.2, 0) is 6.42 Å². The second kappa shape index (κ2) is 8.31. The summed E-state index contributed by atoms with van der Waals surface area (Å²) in [6.45, 7) is 13.0. The second-order valence-corrected chi connectivity index (χ2v) is 8.75. The number of hydrogen-bond donors (Lipinski definition) is 0. The predicted molar refractivity (Wildman–Crippen MR) is 123 cm³/mol. The van der Waals surface area contributed by atoms with Gasteiger partial charge in [-0.1, -0.05) is 66.5 Å². The number of halogens is 2. The molecule has 2 heteroatoms. The molecule has 0 radical (unpaired) electrons. The Hall–Kier alpha value is -1.76. The normalized spacial score (nSPS) is 12.3. The van der Waals surface area contributed by atoms with E-state index in [9.17, 15) is 0 Å². The summed E-state index contributed by atoms with van der Waals surface area (Å²) in [5.74, 6) is 0.244. The third-order valence-corrected chi connectivity index (χ3v) is 7.02. The van der Waals surface area contributed by atoms with Crippen molar-refractivity contribution in [2.24, 2.45) is 0 Å². The SMILES string of the molecule is Cc1cc(C)c(Cc2ccc(C(C)c3cccc(Cl)c3C)c(C)c2Cl)cc1C. The number of aryl methyl sites for hydroxylation is 3. The maximum Gasteiger partial charge on any atom is 0.0473 e. The Morgan fingerprint density at radius 1 is 0.714 bits per heavy atom. The first kappa shape index (κ1) is 21.0. The summed E-state index contributed by atoms with van der Waals surface area (Å²) >= 11 is 13.2. The Balaban J connectivity index is 1.98. The highest BCUT2D eigenvalue weighted by molar-refractivity contribution is 6.32. The van der Waals surface area contributed by atoms with Crippen LogP contribution in [0.25, 0.3) is 0 Å². The smallest absolute Gasteiger partial charge is 0.0473 e. The maximum atomic E-state index is 6.85. The van der Waals surface area contributed by atoms with E-state index in [1.54, 1.807) is 0 Å². The highest BCUT2D eigenvalue weighted by Crippen LogP contribution is 2.36. The Morgan fingerprint density at radius 3 is 2.07 bits per heavy atom. The van der Waals surface area contributed by atoms with E-state index in [-0.39, 0.29) is 5.92 Å². The molecule has 146 valence electrons. The van der Waals surface area contributed by atoms with Crippen molar-refractivity contribution in [1.29, 1.82) is 0 Å². The average Bonchev–Trinajstić information content (AvgIpc) is 2.65. The van der Waals surface area contributed by atoms with Crippen molar-refractivity contribution in [1.82, 2.24) is 0 Å². The minimum Gasteiger partial charge on any atom is -0.0840 e. The molecule has 0 spiro atoms.